The first-order chi connectivity index (χ1) is 10.5. The third-order valence-electron chi connectivity index (χ3n) is 3.03. The van der Waals surface area contributed by atoms with Gasteiger partial charge in [-0.25, -0.2) is 0 Å². The largest absolute Gasteiger partial charge is 0.355 e. The predicted octanol–water partition coefficient (Wildman–Crippen LogP) is 3.52. The zero-order chi connectivity index (χ0) is 16.1. The zero-order valence-corrected chi connectivity index (χ0v) is 14.8. The van der Waals surface area contributed by atoms with E-state index in [2.05, 4.69) is 46.8 Å². The van der Waals surface area contributed by atoms with Gasteiger partial charge in [0.25, 0.3) is 0 Å². The Bertz CT molecular complexity index is 657. The lowest BCUT2D eigenvalue weighted by molar-refractivity contribution is -0.120. The quantitative estimate of drug-likeness (QED) is 0.790. The number of hydrogen-bond acceptors (Lipinski definition) is 6. The normalized spacial score (nSPS) is 12.0. The lowest BCUT2D eigenvalue weighted by Crippen LogP contribution is -2.30. The van der Waals surface area contributed by atoms with Crippen LogP contribution >= 0.6 is 23.1 Å². The third kappa shape index (κ3) is 4.45. The monoisotopic (exact) mass is 336 g/mol. The molecule has 1 aromatic heterocycles. The van der Waals surface area contributed by atoms with Gasteiger partial charge in [-0.2, -0.15) is 0 Å². The van der Waals surface area contributed by atoms with Gasteiger partial charge in [0.15, 0.2) is 4.34 Å². The summed E-state index contributed by atoms with van der Waals surface area (Å²) in [6, 6.07) is 6.22. The van der Waals surface area contributed by atoms with E-state index < -0.39 is 0 Å². The molecule has 0 radical (unpaired) electrons. The van der Waals surface area contributed by atoms with Crippen LogP contribution in [0.1, 0.15) is 25.0 Å². The van der Waals surface area contributed by atoms with Crippen LogP contribution in [-0.4, -0.2) is 27.9 Å². The van der Waals surface area contributed by atoms with E-state index in [-0.39, 0.29) is 11.2 Å². The van der Waals surface area contributed by atoms with E-state index >= 15 is 0 Å². The number of nitrogens with zero attached hydrogens (tertiary/aromatic N) is 2. The highest BCUT2D eigenvalue weighted by Gasteiger charge is 2.16. The molecular formula is C15H20N4OS2. The zero-order valence-electron chi connectivity index (χ0n) is 13.1. The molecule has 0 aliphatic carbocycles. The van der Waals surface area contributed by atoms with Crippen molar-refractivity contribution in [3.8, 4) is 0 Å². The Balaban J connectivity index is 2.01. The molecule has 0 bridgehead atoms. The van der Waals surface area contributed by atoms with Crippen molar-refractivity contribution in [2.75, 3.05) is 11.9 Å². The molecule has 0 fully saturated rings. The van der Waals surface area contributed by atoms with Crippen molar-refractivity contribution in [3.63, 3.8) is 0 Å². The fraction of sp³-hybridized carbons (Fsp3) is 0.400. The number of carbonyl (C=O) groups is 1. The Hall–Kier alpha value is -1.60. The minimum Gasteiger partial charge on any atom is -0.355 e. The van der Waals surface area contributed by atoms with E-state index in [1.54, 1.807) is 0 Å². The second kappa shape index (κ2) is 7.60. The number of thioether (sulfide) groups is 1. The highest BCUT2D eigenvalue weighted by atomic mass is 32.2. The molecule has 1 atom stereocenters. The smallest absolute Gasteiger partial charge is 0.233 e. The molecule has 22 heavy (non-hydrogen) atoms. The van der Waals surface area contributed by atoms with Gasteiger partial charge in [-0.15, -0.1) is 10.2 Å². The van der Waals surface area contributed by atoms with Crippen LogP contribution in [0.2, 0.25) is 0 Å². The second-order valence-corrected chi connectivity index (χ2v) is 7.54. The number of rotatable bonds is 6. The maximum Gasteiger partial charge on any atom is 0.233 e. The number of hydrogen-bond donors (Lipinski definition) is 2. The Labute approximate surface area is 138 Å². The molecule has 0 unspecified atom stereocenters. The summed E-state index contributed by atoms with van der Waals surface area (Å²) in [6.45, 7) is 8.54. The number of carbonyl (C=O) groups excluding carboxylic acids is 1. The van der Waals surface area contributed by atoms with E-state index in [1.807, 2.05) is 19.9 Å². The van der Waals surface area contributed by atoms with Crippen LogP contribution in [0.25, 0.3) is 0 Å². The molecule has 7 heteroatoms. The molecule has 2 aromatic rings. The topological polar surface area (TPSA) is 66.9 Å². The summed E-state index contributed by atoms with van der Waals surface area (Å²) in [7, 11) is 0. The van der Waals surface area contributed by atoms with Gasteiger partial charge in [0.2, 0.25) is 11.0 Å². The maximum absolute atomic E-state index is 11.7. The van der Waals surface area contributed by atoms with Crippen LogP contribution in [0, 0.1) is 13.8 Å². The molecule has 0 saturated carbocycles. The van der Waals surface area contributed by atoms with Crippen LogP contribution in [0.4, 0.5) is 10.8 Å². The molecular weight excluding hydrogens is 316 g/mol. The molecule has 1 aromatic carbocycles. The first kappa shape index (κ1) is 16.8. The number of anilines is 2. The van der Waals surface area contributed by atoms with Crippen LogP contribution in [0.5, 0.6) is 0 Å². The van der Waals surface area contributed by atoms with E-state index in [0.29, 0.717) is 6.54 Å². The summed E-state index contributed by atoms with van der Waals surface area (Å²) in [4.78, 5) is 11.7. The van der Waals surface area contributed by atoms with Gasteiger partial charge >= 0.3 is 0 Å². The summed E-state index contributed by atoms with van der Waals surface area (Å²) >= 11 is 2.88. The highest BCUT2D eigenvalue weighted by molar-refractivity contribution is 8.02. The van der Waals surface area contributed by atoms with Gasteiger partial charge in [0.1, 0.15) is 0 Å². The number of amides is 1. The van der Waals surface area contributed by atoms with E-state index in [0.717, 1.165) is 15.2 Å². The number of aryl methyl sites for hydroxylation is 2. The molecule has 0 spiro atoms. The van der Waals surface area contributed by atoms with Gasteiger partial charge in [-0.05, 0) is 39.3 Å². The van der Waals surface area contributed by atoms with E-state index in [9.17, 15) is 4.79 Å². The summed E-state index contributed by atoms with van der Waals surface area (Å²) in [5.41, 5.74) is 3.42. The van der Waals surface area contributed by atoms with E-state index in [1.165, 1.54) is 34.2 Å². The molecule has 2 N–H and O–H groups in total. The summed E-state index contributed by atoms with van der Waals surface area (Å²) in [6.07, 6.45) is 0. The molecule has 118 valence electrons. The van der Waals surface area contributed by atoms with Crippen molar-refractivity contribution in [3.05, 3.63) is 29.3 Å². The molecule has 1 heterocycles. The van der Waals surface area contributed by atoms with Crippen molar-refractivity contribution in [1.82, 2.24) is 15.5 Å². The Morgan fingerprint density at radius 2 is 2.14 bits per heavy atom. The molecule has 0 aliphatic heterocycles. The Morgan fingerprint density at radius 3 is 2.82 bits per heavy atom. The first-order valence-corrected chi connectivity index (χ1v) is 8.81. The molecule has 5 nitrogen and oxygen atoms in total. The highest BCUT2D eigenvalue weighted by Crippen LogP contribution is 2.31. The van der Waals surface area contributed by atoms with Crippen LogP contribution in [0.3, 0.4) is 0 Å². The number of aromatic nitrogens is 2. The van der Waals surface area contributed by atoms with Crippen LogP contribution < -0.4 is 10.6 Å². The second-order valence-electron chi connectivity index (χ2n) is 4.97. The van der Waals surface area contributed by atoms with Crippen molar-refractivity contribution in [1.29, 1.82) is 0 Å². The minimum atomic E-state index is -0.179. The van der Waals surface area contributed by atoms with Crippen LogP contribution in [-0.2, 0) is 4.79 Å². The Kier molecular flexibility index (Phi) is 5.79. The minimum absolute atomic E-state index is 0.0200. The SMILES string of the molecule is CCNC(=O)[C@H](C)Sc1nnc(Nc2ccc(C)cc2C)s1. The lowest BCUT2D eigenvalue weighted by Gasteiger charge is -2.08. The third-order valence-corrected chi connectivity index (χ3v) is 5.05. The fourth-order valence-electron chi connectivity index (χ4n) is 1.90. The number of benzene rings is 1. The predicted molar refractivity (Wildman–Crippen MR) is 93.1 cm³/mol. The first-order valence-electron chi connectivity index (χ1n) is 7.11. The lowest BCUT2D eigenvalue weighted by atomic mass is 10.1. The van der Waals surface area contributed by atoms with Gasteiger partial charge in [0, 0.05) is 12.2 Å². The van der Waals surface area contributed by atoms with E-state index in [4.69, 9.17) is 0 Å². The maximum atomic E-state index is 11.7. The summed E-state index contributed by atoms with van der Waals surface area (Å²) < 4.78 is 0.783. The molecule has 0 saturated heterocycles. The van der Waals surface area contributed by atoms with Gasteiger partial charge in [-0.1, -0.05) is 40.8 Å². The Morgan fingerprint density at radius 1 is 1.36 bits per heavy atom. The standard InChI is InChI=1S/C15H20N4OS2/c1-5-16-13(20)11(4)21-15-19-18-14(22-15)17-12-7-6-9(2)8-10(12)3/h6-8,11H,5H2,1-4H3,(H,16,20)(H,17,18)/t11-/m0/s1. The molecule has 1 amide bonds. The van der Waals surface area contributed by atoms with Crippen molar-refractivity contribution in [2.45, 2.75) is 37.3 Å². The summed E-state index contributed by atoms with van der Waals surface area (Å²) in [5, 5.41) is 14.9. The average molecular weight is 336 g/mol. The van der Waals surface area contributed by atoms with Crippen LogP contribution in [0.15, 0.2) is 22.5 Å². The van der Waals surface area contributed by atoms with Crippen molar-refractivity contribution >= 4 is 39.8 Å². The average Bonchev–Trinajstić information content (AvgIpc) is 2.89. The van der Waals surface area contributed by atoms with Gasteiger partial charge < -0.3 is 10.6 Å². The molecule has 2 rings (SSSR count). The summed E-state index contributed by atoms with van der Waals surface area (Å²) in [5.74, 6) is 0.0200. The van der Waals surface area contributed by atoms with Gasteiger partial charge in [0.05, 0.1) is 5.25 Å². The van der Waals surface area contributed by atoms with Gasteiger partial charge in [-0.3, -0.25) is 4.79 Å². The number of nitrogens with one attached hydrogen (secondary N) is 2. The van der Waals surface area contributed by atoms with Crippen molar-refractivity contribution < 1.29 is 4.79 Å². The molecule has 0 aliphatic rings. The van der Waals surface area contributed by atoms with Crippen molar-refractivity contribution in [2.24, 2.45) is 0 Å². The fourth-order valence-corrected chi connectivity index (χ4v) is 3.83.